The molecule has 1 aromatic carbocycles. The van der Waals surface area contributed by atoms with Crippen molar-refractivity contribution in [2.45, 2.75) is 31.6 Å². The van der Waals surface area contributed by atoms with Crippen LogP contribution < -0.4 is 5.32 Å². The molecule has 0 unspecified atom stereocenters. The molecule has 3 aromatic rings. The molecule has 160 valence electrons. The van der Waals surface area contributed by atoms with Gasteiger partial charge in [-0.1, -0.05) is 20.3 Å². The van der Waals surface area contributed by atoms with E-state index in [1.165, 1.54) is 39.9 Å². The number of nitrogens with zero attached hydrogens (tertiary/aromatic N) is 2. The zero-order chi connectivity index (χ0) is 21.7. The third-order valence-corrected chi connectivity index (χ3v) is 8.81. The minimum atomic E-state index is -3.56. The number of sulfonamides is 1. The van der Waals surface area contributed by atoms with Crippen molar-refractivity contribution in [3.05, 3.63) is 51.1 Å². The van der Waals surface area contributed by atoms with Gasteiger partial charge in [-0.3, -0.25) is 10.1 Å². The Kier molecular flexibility index (Phi) is 7.81. The topological polar surface area (TPSA) is 79.4 Å². The van der Waals surface area contributed by atoms with Gasteiger partial charge in [0.2, 0.25) is 10.0 Å². The lowest BCUT2D eigenvalue weighted by Crippen LogP contribution is -2.31. The summed E-state index contributed by atoms with van der Waals surface area (Å²) < 4.78 is 28.1. The average Bonchev–Trinajstić information content (AvgIpc) is 3.37. The molecule has 2 aromatic heterocycles. The smallest absolute Gasteiger partial charge is 0.257 e. The van der Waals surface area contributed by atoms with Gasteiger partial charge in [-0.05, 0) is 58.7 Å². The van der Waals surface area contributed by atoms with Crippen molar-refractivity contribution in [1.29, 1.82) is 0 Å². The highest BCUT2D eigenvalue weighted by molar-refractivity contribution is 9.11. The summed E-state index contributed by atoms with van der Waals surface area (Å²) in [4.78, 5) is 18.2. The first kappa shape index (κ1) is 23.1. The molecule has 0 bridgehead atoms. The maximum atomic E-state index is 12.8. The quantitative estimate of drug-likeness (QED) is 0.387. The fourth-order valence-corrected chi connectivity index (χ4v) is 6.39. The lowest BCUT2D eigenvalue weighted by molar-refractivity contribution is 0.102. The summed E-state index contributed by atoms with van der Waals surface area (Å²) in [7, 11) is -3.56. The van der Waals surface area contributed by atoms with E-state index in [1.807, 2.05) is 31.4 Å². The van der Waals surface area contributed by atoms with Crippen molar-refractivity contribution >= 4 is 59.7 Å². The molecule has 6 nitrogen and oxygen atoms in total. The lowest BCUT2D eigenvalue weighted by Gasteiger charge is -2.20. The molecule has 0 aliphatic rings. The number of thiazole rings is 1. The normalized spacial score (nSPS) is 11.7. The van der Waals surface area contributed by atoms with E-state index in [1.54, 1.807) is 11.3 Å². The van der Waals surface area contributed by atoms with Crippen LogP contribution in [0.4, 0.5) is 5.13 Å². The SMILES string of the molecule is CCCCN(CC)S(=O)(=O)c1ccc(C(=O)Nc2nc(-c3ccc(Br)s3)cs2)cc1. The number of anilines is 1. The number of halogens is 1. The Morgan fingerprint density at radius 1 is 1.17 bits per heavy atom. The molecular weight excluding hydrogens is 506 g/mol. The van der Waals surface area contributed by atoms with Crippen molar-refractivity contribution < 1.29 is 13.2 Å². The van der Waals surface area contributed by atoms with E-state index in [4.69, 9.17) is 0 Å². The van der Waals surface area contributed by atoms with Crippen LogP contribution in [0.5, 0.6) is 0 Å². The van der Waals surface area contributed by atoms with Gasteiger partial charge in [-0.25, -0.2) is 13.4 Å². The van der Waals surface area contributed by atoms with Crippen molar-refractivity contribution in [1.82, 2.24) is 9.29 Å². The maximum Gasteiger partial charge on any atom is 0.257 e. The highest BCUT2D eigenvalue weighted by Gasteiger charge is 2.22. The molecule has 1 amide bonds. The van der Waals surface area contributed by atoms with Gasteiger partial charge in [0.05, 0.1) is 19.3 Å². The Morgan fingerprint density at radius 3 is 2.50 bits per heavy atom. The summed E-state index contributed by atoms with van der Waals surface area (Å²) in [5.74, 6) is -0.328. The van der Waals surface area contributed by atoms with E-state index in [9.17, 15) is 13.2 Å². The van der Waals surface area contributed by atoms with Crippen LogP contribution in [0, 0.1) is 0 Å². The molecule has 0 spiro atoms. The van der Waals surface area contributed by atoms with Gasteiger partial charge in [-0.15, -0.1) is 22.7 Å². The van der Waals surface area contributed by atoms with Gasteiger partial charge in [0.25, 0.3) is 5.91 Å². The second-order valence-corrected chi connectivity index (χ2v) is 11.7. The number of carbonyl (C=O) groups excluding carboxylic acids is 1. The molecule has 0 saturated heterocycles. The number of aromatic nitrogens is 1. The molecular formula is C20H22BrN3O3S3. The monoisotopic (exact) mass is 527 g/mol. The van der Waals surface area contributed by atoms with E-state index >= 15 is 0 Å². The fraction of sp³-hybridized carbons (Fsp3) is 0.300. The summed E-state index contributed by atoms with van der Waals surface area (Å²) in [6.45, 7) is 4.76. The molecule has 0 aliphatic carbocycles. The largest absolute Gasteiger partial charge is 0.298 e. The predicted octanol–water partition coefficient (Wildman–Crippen LogP) is 5.70. The van der Waals surface area contributed by atoms with Crippen molar-refractivity contribution in [3.63, 3.8) is 0 Å². The van der Waals surface area contributed by atoms with Crippen LogP contribution in [-0.4, -0.2) is 36.7 Å². The van der Waals surface area contributed by atoms with E-state index in [0.29, 0.717) is 23.8 Å². The molecule has 1 N–H and O–H groups in total. The number of hydrogen-bond donors (Lipinski definition) is 1. The van der Waals surface area contributed by atoms with E-state index in [2.05, 4.69) is 26.2 Å². The highest BCUT2D eigenvalue weighted by Crippen LogP contribution is 2.33. The van der Waals surface area contributed by atoms with Crippen LogP contribution in [0.3, 0.4) is 0 Å². The zero-order valence-corrected chi connectivity index (χ0v) is 20.6. The van der Waals surface area contributed by atoms with Crippen molar-refractivity contribution in [2.75, 3.05) is 18.4 Å². The van der Waals surface area contributed by atoms with Gasteiger partial charge in [0, 0.05) is 24.0 Å². The highest BCUT2D eigenvalue weighted by atomic mass is 79.9. The van der Waals surface area contributed by atoms with E-state index < -0.39 is 10.0 Å². The number of nitrogens with one attached hydrogen (secondary N) is 1. The van der Waals surface area contributed by atoms with Gasteiger partial charge in [-0.2, -0.15) is 4.31 Å². The summed E-state index contributed by atoms with van der Waals surface area (Å²) >= 11 is 6.34. The molecule has 0 saturated carbocycles. The summed E-state index contributed by atoms with van der Waals surface area (Å²) in [6, 6.07) is 9.94. The van der Waals surface area contributed by atoms with Crippen LogP contribution >= 0.6 is 38.6 Å². The predicted molar refractivity (Wildman–Crippen MR) is 127 cm³/mol. The van der Waals surface area contributed by atoms with Crippen molar-refractivity contribution in [3.8, 4) is 10.6 Å². The van der Waals surface area contributed by atoms with Crippen LogP contribution in [0.25, 0.3) is 10.6 Å². The molecule has 30 heavy (non-hydrogen) atoms. The van der Waals surface area contributed by atoms with E-state index in [-0.39, 0.29) is 10.8 Å². The Hall–Kier alpha value is -1.59. The number of carbonyl (C=O) groups is 1. The van der Waals surface area contributed by atoms with Gasteiger partial charge in [0.15, 0.2) is 5.13 Å². The number of rotatable bonds is 9. The van der Waals surface area contributed by atoms with E-state index in [0.717, 1.165) is 27.2 Å². The second-order valence-electron chi connectivity index (χ2n) is 6.47. The van der Waals surface area contributed by atoms with Crippen LogP contribution in [0.15, 0.2) is 50.5 Å². The molecule has 0 aliphatic heterocycles. The first-order valence-electron chi connectivity index (χ1n) is 9.48. The second kappa shape index (κ2) is 10.1. The first-order chi connectivity index (χ1) is 14.3. The van der Waals surface area contributed by atoms with Crippen LogP contribution in [0.2, 0.25) is 0 Å². The molecule has 0 atom stereocenters. The Bertz CT molecular complexity index is 1110. The molecule has 2 heterocycles. The molecule has 10 heteroatoms. The number of hydrogen-bond acceptors (Lipinski definition) is 6. The van der Waals surface area contributed by atoms with Gasteiger partial charge in [0.1, 0.15) is 0 Å². The number of unbranched alkanes of at least 4 members (excludes halogenated alkanes) is 1. The zero-order valence-electron chi connectivity index (χ0n) is 16.6. The first-order valence-corrected chi connectivity index (χ1v) is 13.4. The van der Waals surface area contributed by atoms with Crippen LogP contribution in [-0.2, 0) is 10.0 Å². The molecule has 3 rings (SSSR count). The van der Waals surface area contributed by atoms with Gasteiger partial charge >= 0.3 is 0 Å². The molecule has 0 radical (unpaired) electrons. The third-order valence-electron chi connectivity index (χ3n) is 4.42. The average molecular weight is 529 g/mol. The maximum absolute atomic E-state index is 12.8. The number of thiophene rings is 1. The van der Waals surface area contributed by atoms with Crippen molar-refractivity contribution in [2.24, 2.45) is 0 Å². The lowest BCUT2D eigenvalue weighted by atomic mass is 10.2. The Labute approximate surface area is 193 Å². The summed E-state index contributed by atoms with van der Waals surface area (Å²) in [5.41, 5.74) is 1.18. The minimum absolute atomic E-state index is 0.191. The number of amides is 1. The van der Waals surface area contributed by atoms with Crippen LogP contribution in [0.1, 0.15) is 37.0 Å². The Morgan fingerprint density at radius 2 is 1.90 bits per heavy atom. The number of benzene rings is 1. The standard InChI is InChI=1S/C20H22BrN3O3S3/c1-3-5-12-24(4-2)30(26,27)15-8-6-14(7-9-15)19(25)23-20-22-16(13-28-20)17-10-11-18(21)29-17/h6-11,13H,3-5,12H2,1-2H3,(H,22,23,25). The Balaban J connectivity index is 1.70. The third kappa shape index (κ3) is 5.36. The summed E-state index contributed by atoms with van der Waals surface area (Å²) in [6.07, 6.45) is 1.74. The fourth-order valence-electron chi connectivity index (χ4n) is 2.78. The minimum Gasteiger partial charge on any atom is -0.298 e. The molecule has 0 fully saturated rings. The van der Waals surface area contributed by atoms with Gasteiger partial charge < -0.3 is 0 Å². The summed E-state index contributed by atoms with van der Waals surface area (Å²) in [5, 5.41) is 5.16.